The van der Waals surface area contributed by atoms with Crippen LogP contribution in [0.1, 0.15) is 33.1 Å². The lowest BCUT2D eigenvalue weighted by atomic mass is 9.92. The van der Waals surface area contributed by atoms with Gasteiger partial charge in [-0.1, -0.05) is 26.0 Å². The molecule has 0 amide bonds. The lowest BCUT2D eigenvalue weighted by Gasteiger charge is -2.20. The highest BCUT2D eigenvalue weighted by Gasteiger charge is 2.30. The van der Waals surface area contributed by atoms with Crippen LogP contribution in [0.15, 0.2) is 43.0 Å². The first-order valence-corrected chi connectivity index (χ1v) is 6.98. The van der Waals surface area contributed by atoms with Crippen molar-refractivity contribution in [1.29, 1.82) is 0 Å². The number of hydrogen-bond donors (Lipinski definition) is 1. The molecule has 0 saturated heterocycles. The van der Waals surface area contributed by atoms with Crippen LogP contribution in [0.3, 0.4) is 0 Å². The molecule has 1 fully saturated rings. The maximum absolute atomic E-state index is 4.13. The fourth-order valence-corrected chi connectivity index (χ4v) is 3.00. The summed E-state index contributed by atoms with van der Waals surface area (Å²) in [7, 11) is 0. The largest absolute Gasteiger partial charge is 0.381 e. The van der Waals surface area contributed by atoms with Gasteiger partial charge in [0, 0.05) is 18.4 Å². The standard InChI is InChI=1S/C16H21N3/c1-16(2)8-7-13(11-16)18-14-5-3-4-6-15(14)19-10-9-17-12-19/h3-6,9-10,12-13,18H,7-8,11H2,1-2H3. The summed E-state index contributed by atoms with van der Waals surface area (Å²) in [6, 6.07) is 9.02. The molecule has 100 valence electrons. The van der Waals surface area contributed by atoms with E-state index >= 15 is 0 Å². The van der Waals surface area contributed by atoms with Gasteiger partial charge in [0.2, 0.25) is 0 Å². The van der Waals surface area contributed by atoms with Gasteiger partial charge in [0.1, 0.15) is 0 Å². The predicted molar refractivity (Wildman–Crippen MR) is 78.6 cm³/mol. The molecule has 0 radical (unpaired) electrons. The van der Waals surface area contributed by atoms with E-state index in [1.54, 1.807) is 0 Å². The van der Waals surface area contributed by atoms with Crippen molar-refractivity contribution < 1.29 is 0 Å². The van der Waals surface area contributed by atoms with Crippen LogP contribution in [0.4, 0.5) is 5.69 Å². The quantitative estimate of drug-likeness (QED) is 0.902. The molecule has 1 aliphatic rings. The number of nitrogens with zero attached hydrogens (tertiary/aromatic N) is 2. The van der Waals surface area contributed by atoms with E-state index in [0.717, 1.165) is 0 Å². The fourth-order valence-electron chi connectivity index (χ4n) is 3.00. The van der Waals surface area contributed by atoms with Gasteiger partial charge in [-0.2, -0.15) is 0 Å². The number of hydrogen-bond acceptors (Lipinski definition) is 2. The average Bonchev–Trinajstić information content (AvgIpc) is 3.00. The Balaban J connectivity index is 1.82. The van der Waals surface area contributed by atoms with Crippen molar-refractivity contribution in [2.24, 2.45) is 5.41 Å². The Morgan fingerprint density at radius 2 is 2.16 bits per heavy atom. The van der Waals surface area contributed by atoms with Gasteiger partial charge >= 0.3 is 0 Å². The van der Waals surface area contributed by atoms with Gasteiger partial charge in [-0.25, -0.2) is 4.98 Å². The highest BCUT2D eigenvalue weighted by molar-refractivity contribution is 5.61. The average molecular weight is 255 g/mol. The van der Waals surface area contributed by atoms with Gasteiger partial charge in [0.15, 0.2) is 0 Å². The second-order valence-electron chi connectivity index (χ2n) is 6.24. The summed E-state index contributed by atoms with van der Waals surface area (Å²) in [5, 5.41) is 3.70. The first-order chi connectivity index (χ1) is 9.14. The van der Waals surface area contributed by atoms with Crippen LogP contribution in [-0.2, 0) is 0 Å². The van der Waals surface area contributed by atoms with Crippen LogP contribution >= 0.6 is 0 Å². The Kier molecular flexibility index (Phi) is 3.05. The van der Waals surface area contributed by atoms with E-state index < -0.39 is 0 Å². The van der Waals surface area contributed by atoms with Gasteiger partial charge in [-0.05, 0) is 36.8 Å². The second-order valence-corrected chi connectivity index (χ2v) is 6.24. The highest BCUT2D eigenvalue weighted by Crippen LogP contribution is 2.38. The lowest BCUT2D eigenvalue weighted by molar-refractivity contribution is 0.378. The van der Waals surface area contributed by atoms with Crippen molar-refractivity contribution in [3.63, 3.8) is 0 Å². The van der Waals surface area contributed by atoms with Gasteiger partial charge in [0.05, 0.1) is 17.7 Å². The zero-order chi connectivity index (χ0) is 13.3. The number of nitrogens with one attached hydrogen (secondary N) is 1. The van der Waals surface area contributed by atoms with Crippen LogP contribution in [0.25, 0.3) is 5.69 Å². The molecule has 3 rings (SSSR count). The predicted octanol–water partition coefficient (Wildman–Crippen LogP) is 3.86. The zero-order valence-electron chi connectivity index (χ0n) is 11.6. The molecule has 2 aromatic rings. The molecule has 1 N–H and O–H groups in total. The molecule has 1 aromatic heterocycles. The Bertz CT molecular complexity index is 543. The third-order valence-electron chi connectivity index (χ3n) is 4.01. The third-order valence-corrected chi connectivity index (χ3v) is 4.01. The van der Waals surface area contributed by atoms with Gasteiger partial charge in [-0.15, -0.1) is 0 Å². The van der Waals surface area contributed by atoms with Crippen LogP contribution in [-0.4, -0.2) is 15.6 Å². The number of anilines is 1. The molecule has 19 heavy (non-hydrogen) atoms. The van der Waals surface area contributed by atoms with Crippen molar-refractivity contribution >= 4 is 5.69 Å². The third kappa shape index (κ3) is 2.65. The minimum atomic E-state index is 0.474. The Morgan fingerprint density at radius 3 is 2.84 bits per heavy atom. The first-order valence-electron chi connectivity index (χ1n) is 6.98. The molecular formula is C16H21N3. The van der Waals surface area contributed by atoms with E-state index in [2.05, 4.69) is 53.0 Å². The van der Waals surface area contributed by atoms with Crippen molar-refractivity contribution in [3.05, 3.63) is 43.0 Å². The van der Waals surface area contributed by atoms with E-state index in [1.807, 2.05) is 18.7 Å². The number of rotatable bonds is 3. The molecule has 0 spiro atoms. The van der Waals surface area contributed by atoms with Gasteiger partial charge in [-0.3, -0.25) is 0 Å². The Hall–Kier alpha value is -1.77. The topological polar surface area (TPSA) is 29.9 Å². The molecule has 0 aliphatic heterocycles. The number of benzene rings is 1. The van der Waals surface area contributed by atoms with Crippen LogP contribution in [0.2, 0.25) is 0 Å². The zero-order valence-corrected chi connectivity index (χ0v) is 11.6. The molecule has 0 bridgehead atoms. The summed E-state index contributed by atoms with van der Waals surface area (Å²) in [6.07, 6.45) is 9.45. The van der Waals surface area contributed by atoms with E-state index in [-0.39, 0.29) is 0 Å². The minimum Gasteiger partial charge on any atom is -0.381 e. The summed E-state index contributed by atoms with van der Waals surface area (Å²) in [6.45, 7) is 4.72. The molecule has 1 atom stereocenters. The first kappa shape index (κ1) is 12.3. The fraction of sp³-hybridized carbons (Fsp3) is 0.438. The number of aromatic nitrogens is 2. The number of para-hydroxylation sites is 2. The lowest BCUT2D eigenvalue weighted by Crippen LogP contribution is -2.18. The molecule has 1 heterocycles. The molecular weight excluding hydrogens is 234 g/mol. The summed E-state index contributed by atoms with van der Waals surface area (Å²) in [5.74, 6) is 0. The van der Waals surface area contributed by atoms with Crippen molar-refractivity contribution in [3.8, 4) is 5.69 Å². The van der Waals surface area contributed by atoms with Crippen molar-refractivity contribution in [1.82, 2.24) is 9.55 Å². The maximum Gasteiger partial charge on any atom is 0.0992 e. The number of imidazole rings is 1. The van der Waals surface area contributed by atoms with E-state index in [9.17, 15) is 0 Å². The molecule has 1 unspecified atom stereocenters. The molecule has 1 aliphatic carbocycles. The smallest absolute Gasteiger partial charge is 0.0992 e. The summed E-state index contributed by atoms with van der Waals surface area (Å²) >= 11 is 0. The molecule has 3 heteroatoms. The maximum atomic E-state index is 4.13. The van der Waals surface area contributed by atoms with Crippen molar-refractivity contribution in [2.45, 2.75) is 39.2 Å². The second kappa shape index (κ2) is 4.72. The summed E-state index contributed by atoms with van der Waals surface area (Å²) < 4.78 is 2.06. The normalized spacial score (nSPS) is 21.5. The molecule has 1 saturated carbocycles. The Morgan fingerprint density at radius 1 is 1.32 bits per heavy atom. The van der Waals surface area contributed by atoms with E-state index in [4.69, 9.17) is 0 Å². The molecule has 3 nitrogen and oxygen atoms in total. The van der Waals surface area contributed by atoms with Crippen LogP contribution < -0.4 is 5.32 Å². The van der Waals surface area contributed by atoms with E-state index in [0.29, 0.717) is 11.5 Å². The van der Waals surface area contributed by atoms with E-state index in [1.165, 1.54) is 30.6 Å². The van der Waals surface area contributed by atoms with Gasteiger partial charge < -0.3 is 9.88 Å². The van der Waals surface area contributed by atoms with Crippen molar-refractivity contribution in [2.75, 3.05) is 5.32 Å². The molecule has 1 aromatic carbocycles. The minimum absolute atomic E-state index is 0.474. The van der Waals surface area contributed by atoms with Gasteiger partial charge in [0.25, 0.3) is 0 Å². The Labute approximate surface area is 114 Å². The highest BCUT2D eigenvalue weighted by atomic mass is 15.1. The summed E-state index contributed by atoms with van der Waals surface area (Å²) in [4.78, 5) is 4.13. The summed E-state index contributed by atoms with van der Waals surface area (Å²) in [5.41, 5.74) is 2.84. The van der Waals surface area contributed by atoms with Crippen LogP contribution in [0, 0.1) is 5.41 Å². The van der Waals surface area contributed by atoms with Crippen LogP contribution in [0.5, 0.6) is 0 Å². The SMILES string of the molecule is CC1(C)CCC(Nc2ccccc2-n2ccnc2)C1. The monoisotopic (exact) mass is 255 g/mol.